The molecule has 2 rings (SSSR count). The molecule has 0 spiro atoms. The third-order valence-electron chi connectivity index (χ3n) is 2.69. The summed E-state index contributed by atoms with van der Waals surface area (Å²) in [4.78, 5) is 11.2. The van der Waals surface area contributed by atoms with E-state index in [0.717, 1.165) is 18.7 Å². The fourth-order valence-corrected chi connectivity index (χ4v) is 1.65. The van der Waals surface area contributed by atoms with Gasteiger partial charge >= 0.3 is 5.97 Å². The molecule has 20 heavy (non-hydrogen) atoms. The lowest BCUT2D eigenvalue weighted by Crippen LogP contribution is -2.07. The molecule has 0 bridgehead atoms. The predicted octanol–water partition coefficient (Wildman–Crippen LogP) is 3.33. The Labute approximate surface area is 114 Å². The van der Waals surface area contributed by atoms with Gasteiger partial charge in [0.1, 0.15) is 6.61 Å². The van der Waals surface area contributed by atoms with Gasteiger partial charge in [-0.15, -0.1) is 0 Å². The summed E-state index contributed by atoms with van der Waals surface area (Å²) in [6.45, 7) is 0.106. The monoisotopic (exact) mass is 278 g/mol. The normalized spacial score (nSPS) is 10.2. The van der Waals surface area contributed by atoms with Crippen LogP contribution in [0.15, 0.2) is 42.5 Å². The maximum Gasteiger partial charge on any atom is 0.340 e. The van der Waals surface area contributed by atoms with Gasteiger partial charge in [-0.05, 0) is 17.7 Å². The maximum absolute atomic E-state index is 13.8. The zero-order chi connectivity index (χ0) is 14.5. The molecule has 2 aromatic rings. The van der Waals surface area contributed by atoms with E-state index in [0.29, 0.717) is 0 Å². The van der Waals surface area contributed by atoms with Crippen molar-refractivity contribution in [3.63, 3.8) is 0 Å². The zero-order valence-corrected chi connectivity index (χ0v) is 10.7. The number of benzene rings is 2. The van der Waals surface area contributed by atoms with Crippen LogP contribution in [0.4, 0.5) is 8.78 Å². The number of hydrogen-bond donors (Lipinski definition) is 0. The van der Waals surface area contributed by atoms with Crippen molar-refractivity contribution < 1.29 is 23.0 Å². The summed E-state index contributed by atoms with van der Waals surface area (Å²) < 4.78 is 37.0. The van der Waals surface area contributed by atoms with Gasteiger partial charge in [0, 0.05) is 0 Å². The van der Waals surface area contributed by atoms with Crippen molar-refractivity contribution in [2.45, 2.75) is 6.61 Å². The van der Waals surface area contributed by atoms with E-state index < -0.39 is 23.2 Å². The van der Waals surface area contributed by atoms with Crippen LogP contribution in [0.2, 0.25) is 0 Å². The Morgan fingerprint density at radius 1 is 1.05 bits per heavy atom. The molecule has 0 unspecified atom stereocenters. The second kappa shape index (κ2) is 6.14. The summed E-state index contributed by atoms with van der Waals surface area (Å²) in [5, 5.41) is 0. The molecule has 2 aromatic carbocycles. The van der Waals surface area contributed by atoms with Crippen molar-refractivity contribution in [1.29, 1.82) is 0 Å². The first-order valence-electron chi connectivity index (χ1n) is 5.86. The fourth-order valence-electron chi connectivity index (χ4n) is 1.65. The van der Waals surface area contributed by atoms with Gasteiger partial charge in [0.05, 0.1) is 12.7 Å². The number of carbonyl (C=O) groups excluding carboxylic acids is 1. The van der Waals surface area contributed by atoms with E-state index in [9.17, 15) is 13.6 Å². The smallest absolute Gasteiger partial charge is 0.340 e. The molecule has 0 aliphatic heterocycles. The number of esters is 1. The highest BCUT2D eigenvalue weighted by Crippen LogP contribution is 2.24. The average molecular weight is 278 g/mol. The average Bonchev–Trinajstić information content (AvgIpc) is 2.49. The van der Waals surface area contributed by atoms with Crippen molar-refractivity contribution in [2.75, 3.05) is 7.11 Å². The van der Waals surface area contributed by atoms with Gasteiger partial charge in [-0.1, -0.05) is 30.3 Å². The second-order valence-electron chi connectivity index (χ2n) is 4.01. The largest absolute Gasteiger partial charge is 0.486 e. The molecule has 0 aliphatic carbocycles. The van der Waals surface area contributed by atoms with E-state index in [1.807, 2.05) is 18.2 Å². The molecule has 0 radical (unpaired) electrons. The van der Waals surface area contributed by atoms with Crippen LogP contribution >= 0.6 is 0 Å². The van der Waals surface area contributed by atoms with Gasteiger partial charge in [0.25, 0.3) is 0 Å². The highest BCUT2D eigenvalue weighted by Gasteiger charge is 2.19. The first-order chi connectivity index (χ1) is 9.63. The van der Waals surface area contributed by atoms with Crippen LogP contribution in [0.5, 0.6) is 5.75 Å². The Kier molecular flexibility index (Phi) is 4.30. The highest BCUT2D eigenvalue weighted by molar-refractivity contribution is 5.89. The minimum absolute atomic E-state index is 0.106. The molecule has 3 nitrogen and oxygen atoms in total. The molecular formula is C15H12F2O3. The Bertz CT molecular complexity index is 612. The summed E-state index contributed by atoms with van der Waals surface area (Å²) in [6.07, 6.45) is 0. The van der Waals surface area contributed by atoms with Crippen LogP contribution in [-0.4, -0.2) is 13.1 Å². The molecule has 104 valence electrons. The summed E-state index contributed by atoms with van der Waals surface area (Å²) in [6, 6.07) is 11.4. The molecule has 0 atom stereocenters. The van der Waals surface area contributed by atoms with Crippen LogP contribution in [0, 0.1) is 11.6 Å². The van der Waals surface area contributed by atoms with Gasteiger partial charge in [-0.3, -0.25) is 0 Å². The third kappa shape index (κ3) is 2.93. The Hall–Kier alpha value is -2.43. The first-order valence-corrected chi connectivity index (χ1v) is 5.86. The van der Waals surface area contributed by atoms with E-state index in [1.165, 1.54) is 6.07 Å². The van der Waals surface area contributed by atoms with E-state index in [4.69, 9.17) is 4.74 Å². The van der Waals surface area contributed by atoms with Gasteiger partial charge < -0.3 is 9.47 Å². The van der Waals surface area contributed by atoms with Gasteiger partial charge in [-0.2, -0.15) is 4.39 Å². The topological polar surface area (TPSA) is 35.5 Å². The Balaban J connectivity index is 2.18. The molecule has 5 heteroatoms. The summed E-state index contributed by atoms with van der Waals surface area (Å²) in [5.41, 5.74) is 0.362. The van der Waals surface area contributed by atoms with E-state index in [1.54, 1.807) is 12.1 Å². The summed E-state index contributed by atoms with van der Waals surface area (Å²) in [7, 11) is 1.10. The molecular weight excluding hydrogens is 266 g/mol. The molecule has 0 amide bonds. The second-order valence-corrected chi connectivity index (χ2v) is 4.01. The van der Waals surface area contributed by atoms with Crippen LogP contribution < -0.4 is 4.74 Å². The number of ether oxygens (including phenoxy) is 2. The zero-order valence-electron chi connectivity index (χ0n) is 10.7. The van der Waals surface area contributed by atoms with E-state index in [-0.39, 0.29) is 12.4 Å². The van der Waals surface area contributed by atoms with Crippen molar-refractivity contribution in [3.05, 3.63) is 65.2 Å². The quantitative estimate of drug-likeness (QED) is 0.805. The lowest BCUT2D eigenvalue weighted by Gasteiger charge is -2.09. The molecule has 0 N–H and O–H groups in total. The molecule has 0 aromatic heterocycles. The number of carbonyl (C=O) groups is 1. The van der Waals surface area contributed by atoms with Crippen LogP contribution in [-0.2, 0) is 11.3 Å². The maximum atomic E-state index is 13.8. The molecule has 0 heterocycles. The van der Waals surface area contributed by atoms with Gasteiger partial charge in [-0.25, -0.2) is 9.18 Å². The van der Waals surface area contributed by atoms with Crippen LogP contribution in [0.25, 0.3) is 0 Å². The van der Waals surface area contributed by atoms with E-state index in [2.05, 4.69) is 4.74 Å². The van der Waals surface area contributed by atoms with Gasteiger partial charge in [0.15, 0.2) is 11.6 Å². The molecule has 0 saturated carbocycles. The van der Waals surface area contributed by atoms with Gasteiger partial charge in [0.2, 0.25) is 5.82 Å². The lowest BCUT2D eigenvalue weighted by molar-refractivity contribution is 0.0594. The number of halogens is 2. The standard InChI is InChI=1S/C15H12F2O3/c1-19-15(18)11-7-8-12(14(17)13(11)16)20-9-10-5-3-2-4-6-10/h2-8H,9H2,1H3. The highest BCUT2D eigenvalue weighted by atomic mass is 19.2. The number of methoxy groups -OCH3 is 1. The van der Waals surface area contributed by atoms with Crippen LogP contribution in [0.3, 0.4) is 0 Å². The lowest BCUT2D eigenvalue weighted by atomic mass is 10.2. The summed E-state index contributed by atoms with van der Waals surface area (Å²) >= 11 is 0. The SMILES string of the molecule is COC(=O)c1ccc(OCc2ccccc2)c(F)c1F. The summed E-state index contributed by atoms with van der Waals surface area (Å²) in [5.74, 6) is -3.67. The van der Waals surface area contributed by atoms with Crippen molar-refractivity contribution in [1.82, 2.24) is 0 Å². The van der Waals surface area contributed by atoms with Crippen LogP contribution in [0.1, 0.15) is 15.9 Å². The molecule has 0 saturated heterocycles. The molecule has 0 aliphatic rings. The van der Waals surface area contributed by atoms with Crippen molar-refractivity contribution in [3.8, 4) is 5.75 Å². The van der Waals surface area contributed by atoms with E-state index >= 15 is 0 Å². The minimum atomic E-state index is -1.28. The molecule has 0 fully saturated rings. The van der Waals surface area contributed by atoms with Crippen molar-refractivity contribution in [2.24, 2.45) is 0 Å². The third-order valence-corrected chi connectivity index (χ3v) is 2.69. The fraction of sp³-hybridized carbons (Fsp3) is 0.133. The predicted molar refractivity (Wildman–Crippen MR) is 68.5 cm³/mol. The van der Waals surface area contributed by atoms with Crippen molar-refractivity contribution >= 4 is 5.97 Å². The minimum Gasteiger partial charge on any atom is -0.486 e. The number of hydrogen-bond acceptors (Lipinski definition) is 3. The Morgan fingerprint density at radius 2 is 1.75 bits per heavy atom. The first kappa shape index (κ1) is 14.0. The Morgan fingerprint density at radius 3 is 2.40 bits per heavy atom. The number of rotatable bonds is 4.